The third kappa shape index (κ3) is 3.76. The van der Waals surface area contributed by atoms with Crippen molar-refractivity contribution in [3.63, 3.8) is 0 Å². The maximum Gasteiger partial charge on any atom is 0.290 e. The number of ketones is 1. The average molecular weight is 325 g/mol. The second-order valence-electron chi connectivity index (χ2n) is 5.03. The first-order valence-electron chi connectivity index (χ1n) is 6.95. The van der Waals surface area contributed by atoms with Crippen LogP contribution in [0.25, 0.3) is 0 Å². The molecule has 0 bridgehead atoms. The Labute approximate surface area is 133 Å². The van der Waals surface area contributed by atoms with E-state index in [0.29, 0.717) is 30.3 Å². The molecule has 118 valence electrons. The number of amides is 2. The fourth-order valence-corrected chi connectivity index (χ4v) is 2.32. The molecule has 1 fully saturated rings. The van der Waals surface area contributed by atoms with Crippen LogP contribution in [-0.4, -0.2) is 49.2 Å². The number of nitrogens with zero attached hydrogens (tertiary/aromatic N) is 1. The number of hydrogen-bond acceptors (Lipinski definition) is 4. The van der Waals surface area contributed by atoms with Crippen molar-refractivity contribution in [3.8, 4) is 5.75 Å². The standard InChI is InChI=1S/C15H17ClN2O4/c1-18-9-10(13(19)15(18)21)14(20)17-7-4-8-22-12-6-3-2-5-11(12)16/h2-3,5-6,10H,4,7-9H2,1H3,(H,17,20). The van der Waals surface area contributed by atoms with Crippen LogP contribution in [0.4, 0.5) is 0 Å². The first-order valence-corrected chi connectivity index (χ1v) is 7.33. The molecular weight excluding hydrogens is 308 g/mol. The summed E-state index contributed by atoms with van der Waals surface area (Å²) in [5.74, 6) is -1.98. The Morgan fingerprint density at radius 2 is 2.14 bits per heavy atom. The van der Waals surface area contributed by atoms with E-state index in [2.05, 4.69) is 5.32 Å². The van der Waals surface area contributed by atoms with Gasteiger partial charge in [-0.25, -0.2) is 0 Å². The summed E-state index contributed by atoms with van der Waals surface area (Å²) in [6, 6.07) is 7.13. The van der Waals surface area contributed by atoms with Gasteiger partial charge in [-0.1, -0.05) is 23.7 Å². The molecule has 0 aliphatic carbocycles. The Balaban J connectivity index is 1.69. The van der Waals surface area contributed by atoms with Gasteiger partial charge in [-0.05, 0) is 18.6 Å². The van der Waals surface area contributed by atoms with Crippen molar-refractivity contribution in [2.24, 2.45) is 5.92 Å². The molecule has 2 amide bonds. The molecule has 1 aromatic rings. The van der Waals surface area contributed by atoms with E-state index in [-0.39, 0.29) is 6.54 Å². The van der Waals surface area contributed by atoms with Crippen LogP contribution in [0, 0.1) is 5.92 Å². The highest BCUT2D eigenvalue weighted by molar-refractivity contribution is 6.42. The average Bonchev–Trinajstić information content (AvgIpc) is 2.76. The minimum Gasteiger partial charge on any atom is -0.492 e. The zero-order chi connectivity index (χ0) is 16.1. The number of nitrogens with one attached hydrogen (secondary N) is 1. The first-order chi connectivity index (χ1) is 10.5. The lowest BCUT2D eigenvalue weighted by Crippen LogP contribution is -2.36. The molecule has 2 rings (SSSR count). The minimum absolute atomic E-state index is 0.139. The Morgan fingerprint density at radius 3 is 2.77 bits per heavy atom. The summed E-state index contributed by atoms with van der Waals surface area (Å²) in [4.78, 5) is 36.0. The molecule has 1 aliphatic rings. The van der Waals surface area contributed by atoms with E-state index in [1.807, 2.05) is 12.1 Å². The molecule has 0 spiro atoms. The lowest BCUT2D eigenvalue weighted by atomic mass is 10.1. The molecule has 0 aromatic heterocycles. The fraction of sp³-hybridized carbons (Fsp3) is 0.400. The van der Waals surface area contributed by atoms with Gasteiger partial charge in [-0.2, -0.15) is 0 Å². The van der Waals surface area contributed by atoms with Gasteiger partial charge in [0.2, 0.25) is 11.7 Å². The smallest absolute Gasteiger partial charge is 0.290 e. The molecule has 0 saturated carbocycles. The number of halogens is 1. The Bertz CT molecular complexity index is 591. The van der Waals surface area contributed by atoms with E-state index in [0.717, 1.165) is 0 Å². The van der Waals surface area contributed by atoms with Crippen LogP contribution in [-0.2, 0) is 14.4 Å². The topological polar surface area (TPSA) is 75.7 Å². The number of rotatable bonds is 6. The zero-order valence-electron chi connectivity index (χ0n) is 12.2. The quantitative estimate of drug-likeness (QED) is 0.479. The fourth-order valence-electron chi connectivity index (χ4n) is 2.13. The third-order valence-electron chi connectivity index (χ3n) is 3.36. The Morgan fingerprint density at radius 1 is 1.41 bits per heavy atom. The van der Waals surface area contributed by atoms with Crippen LogP contribution in [0.5, 0.6) is 5.75 Å². The van der Waals surface area contributed by atoms with E-state index in [1.54, 1.807) is 12.1 Å². The van der Waals surface area contributed by atoms with E-state index < -0.39 is 23.5 Å². The molecule has 1 heterocycles. The van der Waals surface area contributed by atoms with E-state index in [9.17, 15) is 14.4 Å². The number of carbonyl (C=O) groups is 3. The van der Waals surface area contributed by atoms with Gasteiger partial charge in [0.25, 0.3) is 5.91 Å². The number of para-hydroxylation sites is 1. The number of benzene rings is 1. The van der Waals surface area contributed by atoms with Gasteiger partial charge in [0.15, 0.2) is 0 Å². The summed E-state index contributed by atoms with van der Waals surface area (Å²) in [5, 5.41) is 3.18. The lowest BCUT2D eigenvalue weighted by Gasteiger charge is -2.11. The summed E-state index contributed by atoms with van der Waals surface area (Å²) >= 11 is 5.95. The van der Waals surface area contributed by atoms with Crippen molar-refractivity contribution in [3.05, 3.63) is 29.3 Å². The number of hydrogen-bond donors (Lipinski definition) is 1. The number of Topliss-reactive ketones (excluding diaryl/α,β-unsaturated/α-hetero) is 1. The maximum absolute atomic E-state index is 11.9. The summed E-state index contributed by atoms with van der Waals surface area (Å²) in [5.41, 5.74) is 0. The van der Waals surface area contributed by atoms with Crippen LogP contribution in [0.2, 0.25) is 5.02 Å². The lowest BCUT2D eigenvalue weighted by molar-refractivity contribution is -0.142. The minimum atomic E-state index is -0.901. The van der Waals surface area contributed by atoms with Crippen LogP contribution in [0.15, 0.2) is 24.3 Å². The molecule has 22 heavy (non-hydrogen) atoms. The largest absolute Gasteiger partial charge is 0.492 e. The number of carbonyl (C=O) groups excluding carboxylic acids is 3. The summed E-state index contributed by atoms with van der Waals surface area (Å²) in [6.45, 7) is 0.895. The van der Waals surface area contributed by atoms with Gasteiger partial charge in [-0.15, -0.1) is 0 Å². The van der Waals surface area contributed by atoms with Crippen molar-refractivity contribution in [1.82, 2.24) is 10.2 Å². The van der Waals surface area contributed by atoms with Crippen molar-refractivity contribution >= 4 is 29.2 Å². The normalized spacial score (nSPS) is 17.7. The van der Waals surface area contributed by atoms with Gasteiger partial charge >= 0.3 is 0 Å². The maximum atomic E-state index is 11.9. The molecule has 1 aliphatic heterocycles. The highest BCUT2D eigenvalue weighted by Gasteiger charge is 2.41. The summed E-state index contributed by atoms with van der Waals surface area (Å²) in [6.07, 6.45) is 0.571. The second-order valence-corrected chi connectivity index (χ2v) is 5.43. The predicted octanol–water partition coefficient (Wildman–Crippen LogP) is 0.882. The van der Waals surface area contributed by atoms with Gasteiger partial charge in [0, 0.05) is 20.1 Å². The molecule has 0 radical (unpaired) electrons. The van der Waals surface area contributed by atoms with Crippen LogP contribution in [0.3, 0.4) is 0 Å². The van der Waals surface area contributed by atoms with Gasteiger partial charge in [-0.3, -0.25) is 14.4 Å². The molecule has 1 atom stereocenters. The molecule has 1 aromatic carbocycles. The molecule has 1 saturated heterocycles. The second kappa shape index (κ2) is 7.26. The van der Waals surface area contributed by atoms with Crippen LogP contribution >= 0.6 is 11.6 Å². The number of likely N-dealkylation sites (tertiary alicyclic amines) is 1. The highest BCUT2D eigenvalue weighted by atomic mass is 35.5. The van der Waals surface area contributed by atoms with E-state index in [1.165, 1.54) is 11.9 Å². The third-order valence-corrected chi connectivity index (χ3v) is 3.67. The van der Waals surface area contributed by atoms with Crippen molar-refractivity contribution in [2.45, 2.75) is 6.42 Å². The van der Waals surface area contributed by atoms with Crippen molar-refractivity contribution in [2.75, 3.05) is 26.7 Å². The van der Waals surface area contributed by atoms with Crippen LogP contribution < -0.4 is 10.1 Å². The van der Waals surface area contributed by atoms with Crippen LogP contribution in [0.1, 0.15) is 6.42 Å². The van der Waals surface area contributed by atoms with Crippen molar-refractivity contribution in [1.29, 1.82) is 0 Å². The van der Waals surface area contributed by atoms with Gasteiger partial charge < -0.3 is 15.0 Å². The highest BCUT2D eigenvalue weighted by Crippen LogP contribution is 2.23. The molecule has 1 unspecified atom stereocenters. The van der Waals surface area contributed by atoms with Gasteiger partial charge in [0.1, 0.15) is 11.7 Å². The molecule has 6 nitrogen and oxygen atoms in total. The van der Waals surface area contributed by atoms with Crippen molar-refractivity contribution < 1.29 is 19.1 Å². The molecule has 7 heteroatoms. The summed E-state index contributed by atoms with van der Waals surface area (Å²) in [7, 11) is 1.50. The monoisotopic (exact) mass is 324 g/mol. The molecule has 1 N–H and O–H groups in total. The first kappa shape index (κ1) is 16.3. The van der Waals surface area contributed by atoms with Gasteiger partial charge in [0.05, 0.1) is 11.6 Å². The zero-order valence-corrected chi connectivity index (χ0v) is 12.9. The summed E-state index contributed by atoms with van der Waals surface area (Å²) < 4.78 is 5.49. The Kier molecular flexibility index (Phi) is 5.38. The number of ether oxygens (including phenoxy) is 1. The Hall–Kier alpha value is -2.08. The predicted molar refractivity (Wildman–Crippen MR) is 80.7 cm³/mol. The van der Waals surface area contributed by atoms with E-state index in [4.69, 9.17) is 16.3 Å². The molecular formula is C15H17ClN2O4. The SMILES string of the molecule is CN1CC(C(=O)NCCCOc2ccccc2Cl)C(=O)C1=O. The van der Waals surface area contributed by atoms with E-state index >= 15 is 0 Å². The number of likely N-dealkylation sites (N-methyl/N-ethyl adjacent to an activating group) is 1.